The third-order valence-corrected chi connectivity index (χ3v) is 6.24. The molecular formula is C23H25Cl3N2O3. The molecule has 0 bridgehead atoms. The highest BCUT2D eigenvalue weighted by molar-refractivity contribution is 6.35. The van der Waals surface area contributed by atoms with Crippen molar-refractivity contribution in [3.8, 4) is 5.75 Å². The Morgan fingerprint density at radius 1 is 1.06 bits per heavy atom. The van der Waals surface area contributed by atoms with Gasteiger partial charge in [0.2, 0.25) is 5.91 Å². The van der Waals surface area contributed by atoms with E-state index in [1.807, 2.05) is 0 Å². The molecule has 2 aromatic carbocycles. The van der Waals surface area contributed by atoms with E-state index in [-0.39, 0.29) is 31.0 Å². The standard InChI is InChI=1S/C23H25Cl3N2O3/c1-15(23(30)27-19-4-2-3-5-19)28(13-16-6-7-18(25)12-21(16)26)22(29)14-31-20-10-8-17(24)9-11-20/h6-12,15,19H,2-5,13-14H2,1H3,(H,27,30)/t15-/m1/s1. The van der Waals surface area contributed by atoms with E-state index >= 15 is 0 Å². The van der Waals surface area contributed by atoms with Gasteiger partial charge in [-0.1, -0.05) is 53.7 Å². The number of nitrogens with one attached hydrogen (secondary N) is 1. The van der Waals surface area contributed by atoms with Crippen molar-refractivity contribution in [2.45, 2.75) is 51.2 Å². The number of amides is 2. The summed E-state index contributed by atoms with van der Waals surface area (Å²) in [4.78, 5) is 27.4. The van der Waals surface area contributed by atoms with Gasteiger partial charge in [0.25, 0.3) is 5.91 Å². The van der Waals surface area contributed by atoms with Crippen LogP contribution < -0.4 is 10.1 Å². The van der Waals surface area contributed by atoms with Crippen LogP contribution in [0.5, 0.6) is 5.75 Å². The molecule has 0 spiro atoms. The topological polar surface area (TPSA) is 58.6 Å². The van der Waals surface area contributed by atoms with Gasteiger partial charge in [0.15, 0.2) is 6.61 Å². The molecule has 3 rings (SSSR count). The van der Waals surface area contributed by atoms with E-state index in [0.29, 0.717) is 26.4 Å². The zero-order valence-corrected chi connectivity index (χ0v) is 19.5. The van der Waals surface area contributed by atoms with Crippen LogP contribution in [0.15, 0.2) is 42.5 Å². The Balaban J connectivity index is 1.73. The van der Waals surface area contributed by atoms with E-state index in [9.17, 15) is 9.59 Å². The smallest absolute Gasteiger partial charge is 0.261 e. The van der Waals surface area contributed by atoms with E-state index < -0.39 is 6.04 Å². The Morgan fingerprint density at radius 2 is 1.71 bits per heavy atom. The Kier molecular flexibility index (Phi) is 8.47. The molecule has 0 saturated heterocycles. The fourth-order valence-electron chi connectivity index (χ4n) is 3.57. The molecule has 1 fully saturated rings. The van der Waals surface area contributed by atoms with E-state index in [2.05, 4.69) is 5.32 Å². The normalized spacial score (nSPS) is 14.8. The Labute approximate surface area is 197 Å². The van der Waals surface area contributed by atoms with Crippen LogP contribution in [0.2, 0.25) is 15.1 Å². The van der Waals surface area contributed by atoms with Crippen molar-refractivity contribution >= 4 is 46.6 Å². The molecule has 0 heterocycles. The molecular weight excluding hydrogens is 459 g/mol. The molecule has 5 nitrogen and oxygen atoms in total. The van der Waals surface area contributed by atoms with Gasteiger partial charge in [0.05, 0.1) is 0 Å². The molecule has 2 aromatic rings. The van der Waals surface area contributed by atoms with Gasteiger partial charge in [-0.15, -0.1) is 0 Å². The highest BCUT2D eigenvalue weighted by Gasteiger charge is 2.29. The van der Waals surface area contributed by atoms with Gasteiger partial charge in [-0.2, -0.15) is 0 Å². The number of nitrogens with zero attached hydrogens (tertiary/aromatic N) is 1. The van der Waals surface area contributed by atoms with Gasteiger partial charge in [-0.25, -0.2) is 0 Å². The minimum absolute atomic E-state index is 0.163. The second-order valence-corrected chi connectivity index (χ2v) is 8.95. The third-order valence-electron chi connectivity index (χ3n) is 5.40. The predicted octanol–water partition coefficient (Wildman–Crippen LogP) is 5.50. The van der Waals surface area contributed by atoms with Crippen LogP contribution in [0.1, 0.15) is 38.2 Å². The lowest BCUT2D eigenvalue weighted by Gasteiger charge is -2.30. The summed E-state index contributed by atoms with van der Waals surface area (Å²) in [6, 6.07) is 11.3. The van der Waals surface area contributed by atoms with Crippen LogP contribution in [0.25, 0.3) is 0 Å². The van der Waals surface area contributed by atoms with E-state index in [4.69, 9.17) is 39.5 Å². The Hall–Kier alpha value is -1.95. The number of hydrogen-bond donors (Lipinski definition) is 1. The number of carbonyl (C=O) groups is 2. The lowest BCUT2D eigenvalue weighted by Crippen LogP contribution is -2.50. The SMILES string of the molecule is C[C@H](C(=O)NC1CCCC1)N(Cc1ccc(Cl)cc1Cl)C(=O)COc1ccc(Cl)cc1. The zero-order chi connectivity index (χ0) is 22.4. The van der Waals surface area contributed by atoms with Crippen LogP contribution in [-0.2, 0) is 16.1 Å². The highest BCUT2D eigenvalue weighted by Crippen LogP contribution is 2.24. The zero-order valence-electron chi connectivity index (χ0n) is 17.2. The Bertz CT molecular complexity index is 915. The van der Waals surface area contributed by atoms with Crippen molar-refractivity contribution in [1.82, 2.24) is 10.2 Å². The predicted molar refractivity (Wildman–Crippen MR) is 124 cm³/mol. The van der Waals surface area contributed by atoms with Gasteiger partial charge in [-0.3, -0.25) is 9.59 Å². The van der Waals surface area contributed by atoms with Crippen LogP contribution in [0, 0.1) is 0 Å². The third kappa shape index (κ3) is 6.76. The molecule has 0 aliphatic heterocycles. The van der Waals surface area contributed by atoms with Crippen molar-refractivity contribution < 1.29 is 14.3 Å². The molecule has 1 atom stereocenters. The highest BCUT2D eigenvalue weighted by atomic mass is 35.5. The Morgan fingerprint density at radius 3 is 2.35 bits per heavy atom. The molecule has 31 heavy (non-hydrogen) atoms. The fourth-order valence-corrected chi connectivity index (χ4v) is 4.16. The lowest BCUT2D eigenvalue weighted by molar-refractivity contribution is -0.142. The molecule has 0 unspecified atom stereocenters. The van der Waals surface area contributed by atoms with Gasteiger partial charge in [0, 0.05) is 27.7 Å². The summed E-state index contributed by atoms with van der Waals surface area (Å²) >= 11 is 18.2. The lowest BCUT2D eigenvalue weighted by atomic mass is 10.1. The average Bonchev–Trinajstić information content (AvgIpc) is 3.25. The average molecular weight is 484 g/mol. The molecule has 1 aliphatic rings. The van der Waals surface area contributed by atoms with Crippen LogP contribution in [0.4, 0.5) is 0 Å². The summed E-state index contributed by atoms with van der Waals surface area (Å²) in [5, 5.41) is 4.58. The first-order valence-corrected chi connectivity index (χ1v) is 11.4. The van der Waals surface area contributed by atoms with Gasteiger partial charge >= 0.3 is 0 Å². The largest absolute Gasteiger partial charge is 0.484 e. The fraction of sp³-hybridized carbons (Fsp3) is 0.391. The molecule has 166 valence electrons. The maximum Gasteiger partial charge on any atom is 0.261 e. The molecule has 2 amide bonds. The number of rotatable bonds is 8. The summed E-state index contributed by atoms with van der Waals surface area (Å²) in [6.45, 7) is 1.67. The maximum atomic E-state index is 13.1. The van der Waals surface area contributed by atoms with Crippen molar-refractivity contribution in [1.29, 1.82) is 0 Å². The first-order valence-electron chi connectivity index (χ1n) is 10.3. The van der Waals surface area contributed by atoms with Crippen LogP contribution in [-0.4, -0.2) is 35.4 Å². The van der Waals surface area contributed by atoms with Crippen molar-refractivity contribution in [3.05, 3.63) is 63.1 Å². The number of carbonyl (C=O) groups excluding carboxylic acids is 2. The summed E-state index contributed by atoms with van der Waals surface area (Å²) in [5.41, 5.74) is 0.700. The van der Waals surface area contributed by atoms with E-state index in [1.165, 1.54) is 4.90 Å². The number of ether oxygens (including phenoxy) is 1. The van der Waals surface area contributed by atoms with E-state index in [1.54, 1.807) is 49.4 Å². The first-order chi connectivity index (χ1) is 14.8. The summed E-state index contributed by atoms with van der Waals surface area (Å²) in [7, 11) is 0. The van der Waals surface area contributed by atoms with E-state index in [0.717, 1.165) is 25.7 Å². The van der Waals surface area contributed by atoms with Crippen molar-refractivity contribution in [2.75, 3.05) is 6.61 Å². The maximum absolute atomic E-state index is 13.1. The second kappa shape index (κ2) is 11.1. The molecule has 1 saturated carbocycles. The quantitative estimate of drug-likeness (QED) is 0.539. The second-order valence-electron chi connectivity index (χ2n) is 7.67. The van der Waals surface area contributed by atoms with Gasteiger partial charge in [-0.05, 0) is 61.7 Å². The molecule has 1 N–H and O–H groups in total. The minimum atomic E-state index is -0.686. The number of halogens is 3. The molecule has 0 radical (unpaired) electrons. The van der Waals surface area contributed by atoms with Gasteiger partial charge < -0.3 is 15.0 Å². The van der Waals surface area contributed by atoms with Crippen LogP contribution >= 0.6 is 34.8 Å². The molecule has 8 heteroatoms. The molecule has 0 aromatic heterocycles. The first kappa shape index (κ1) is 23.7. The summed E-state index contributed by atoms with van der Waals surface area (Å²) < 4.78 is 5.62. The molecule has 1 aliphatic carbocycles. The van der Waals surface area contributed by atoms with Gasteiger partial charge in [0.1, 0.15) is 11.8 Å². The summed E-state index contributed by atoms with van der Waals surface area (Å²) in [5.74, 6) is 0.0113. The number of benzene rings is 2. The monoisotopic (exact) mass is 482 g/mol. The van der Waals surface area contributed by atoms with Crippen molar-refractivity contribution in [3.63, 3.8) is 0 Å². The van der Waals surface area contributed by atoms with Crippen LogP contribution in [0.3, 0.4) is 0 Å². The van der Waals surface area contributed by atoms with Crippen molar-refractivity contribution in [2.24, 2.45) is 0 Å². The minimum Gasteiger partial charge on any atom is -0.484 e. The number of hydrogen-bond acceptors (Lipinski definition) is 3. The summed E-state index contributed by atoms with van der Waals surface area (Å²) in [6.07, 6.45) is 4.15.